The second kappa shape index (κ2) is 5.46. The van der Waals surface area contributed by atoms with Crippen molar-refractivity contribution in [1.82, 2.24) is 0 Å². The Hall–Kier alpha value is -1.15. The van der Waals surface area contributed by atoms with E-state index in [9.17, 15) is 0 Å². The quantitative estimate of drug-likeness (QED) is 0.770. The van der Waals surface area contributed by atoms with Gasteiger partial charge in [-0.1, -0.05) is 62.2 Å². The van der Waals surface area contributed by atoms with Crippen LogP contribution in [0, 0.1) is 11.8 Å². The Morgan fingerprint density at radius 3 is 2.65 bits per heavy atom. The van der Waals surface area contributed by atoms with Crippen molar-refractivity contribution < 1.29 is 0 Å². The van der Waals surface area contributed by atoms with Gasteiger partial charge in [-0.25, -0.2) is 0 Å². The minimum atomic E-state index is 0.314. The Bertz CT molecular complexity index is 437. The van der Waals surface area contributed by atoms with Crippen LogP contribution in [0.5, 0.6) is 0 Å². The molecule has 1 aromatic carbocycles. The van der Waals surface area contributed by atoms with Gasteiger partial charge in [-0.15, -0.1) is 5.10 Å². The summed E-state index contributed by atoms with van der Waals surface area (Å²) in [7, 11) is 0. The number of benzene rings is 1. The van der Waals surface area contributed by atoms with Crippen LogP contribution in [0.15, 0.2) is 40.5 Å². The third-order valence-electron chi connectivity index (χ3n) is 3.42. The molecule has 17 heavy (non-hydrogen) atoms. The van der Waals surface area contributed by atoms with Crippen LogP contribution in [0.25, 0.3) is 0 Å². The lowest BCUT2D eigenvalue weighted by atomic mass is 9.86. The number of nitrogens with zero attached hydrogens (tertiary/aromatic N) is 2. The molecule has 0 fully saturated rings. The van der Waals surface area contributed by atoms with Crippen LogP contribution in [0.4, 0.5) is 0 Å². The maximum Gasteiger partial charge on any atom is 0.132 e. The molecule has 3 heteroatoms. The highest BCUT2D eigenvalue weighted by molar-refractivity contribution is 6.66. The fourth-order valence-electron chi connectivity index (χ4n) is 2.04. The van der Waals surface area contributed by atoms with Crippen molar-refractivity contribution >= 4 is 22.5 Å². The highest BCUT2D eigenvalue weighted by atomic mass is 35.5. The summed E-state index contributed by atoms with van der Waals surface area (Å²) in [5, 5.41) is 8.98. The first kappa shape index (κ1) is 12.3. The predicted molar refractivity (Wildman–Crippen MR) is 73.8 cm³/mol. The summed E-state index contributed by atoms with van der Waals surface area (Å²) in [5.41, 5.74) is 2.19. The SMILES string of the molecule is CCC(C)C1CC(c2ccccc2)=NN=C1Cl. The van der Waals surface area contributed by atoms with E-state index >= 15 is 0 Å². The van der Waals surface area contributed by atoms with Gasteiger partial charge in [-0.05, 0) is 11.5 Å². The molecule has 1 aliphatic rings. The molecule has 1 aromatic rings. The third kappa shape index (κ3) is 2.75. The number of rotatable bonds is 3. The van der Waals surface area contributed by atoms with Gasteiger partial charge in [0.1, 0.15) is 5.17 Å². The third-order valence-corrected chi connectivity index (χ3v) is 3.78. The molecular weight excluding hydrogens is 232 g/mol. The number of hydrogen-bond acceptors (Lipinski definition) is 2. The topological polar surface area (TPSA) is 24.7 Å². The van der Waals surface area contributed by atoms with Crippen LogP contribution in [-0.2, 0) is 0 Å². The van der Waals surface area contributed by atoms with Crippen molar-refractivity contribution in [2.45, 2.75) is 26.7 Å². The Balaban J connectivity index is 2.23. The lowest BCUT2D eigenvalue weighted by Gasteiger charge is -2.24. The zero-order valence-electron chi connectivity index (χ0n) is 10.2. The van der Waals surface area contributed by atoms with Crippen LogP contribution in [0.3, 0.4) is 0 Å². The van der Waals surface area contributed by atoms with Gasteiger partial charge in [-0.2, -0.15) is 5.10 Å². The van der Waals surface area contributed by atoms with Gasteiger partial charge in [0.25, 0.3) is 0 Å². The normalized spacial score (nSPS) is 21.7. The number of hydrogen-bond donors (Lipinski definition) is 0. The highest BCUT2D eigenvalue weighted by Crippen LogP contribution is 2.27. The first-order valence-corrected chi connectivity index (χ1v) is 6.45. The van der Waals surface area contributed by atoms with Gasteiger partial charge in [0, 0.05) is 12.3 Å². The maximum absolute atomic E-state index is 6.15. The fourth-order valence-corrected chi connectivity index (χ4v) is 2.37. The van der Waals surface area contributed by atoms with Gasteiger partial charge < -0.3 is 0 Å². The molecular formula is C14H17ClN2. The van der Waals surface area contributed by atoms with E-state index in [0.717, 1.165) is 24.1 Å². The summed E-state index contributed by atoms with van der Waals surface area (Å²) in [5.74, 6) is 0.856. The molecule has 2 unspecified atom stereocenters. The van der Waals surface area contributed by atoms with E-state index in [1.165, 1.54) is 0 Å². The van der Waals surface area contributed by atoms with Gasteiger partial charge in [0.05, 0.1) is 5.71 Å². The molecule has 0 spiro atoms. The summed E-state index contributed by atoms with van der Waals surface area (Å²) in [6, 6.07) is 10.2. The molecule has 1 heterocycles. The number of halogens is 1. The van der Waals surface area contributed by atoms with Crippen LogP contribution in [0.2, 0.25) is 0 Å². The molecule has 0 saturated carbocycles. The average Bonchev–Trinajstić information content (AvgIpc) is 2.39. The smallest absolute Gasteiger partial charge is 0.132 e. The summed E-state index contributed by atoms with van der Waals surface area (Å²) >= 11 is 6.15. The highest BCUT2D eigenvalue weighted by Gasteiger charge is 2.26. The van der Waals surface area contributed by atoms with Crippen LogP contribution in [-0.4, -0.2) is 10.9 Å². The van der Waals surface area contributed by atoms with Crippen LogP contribution >= 0.6 is 11.6 Å². The zero-order chi connectivity index (χ0) is 12.3. The second-order valence-electron chi connectivity index (χ2n) is 4.53. The summed E-state index contributed by atoms with van der Waals surface area (Å²) in [4.78, 5) is 0. The summed E-state index contributed by atoms with van der Waals surface area (Å²) < 4.78 is 0. The molecule has 2 nitrogen and oxygen atoms in total. The Morgan fingerprint density at radius 2 is 2.00 bits per heavy atom. The van der Waals surface area contributed by atoms with Gasteiger partial charge >= 0.3 is 0 Å². The minimum absolute atomic E-state index is 0.314. The van der Waals surface area contributed by atoms with Crippen molar-refractivity contribution in [1.29, 1.82) is 0 Å². The van der Waals surface area contributed by atoms with Crippen LogP contribution in [0.1, 0.15) is 32.3 Å². The van der Waals surface area contributed by atoms with E-state index < -0.39 is 0 Å². The molecule has 0 aliphatic carbocycles. The predicted octanol–water partition coefficient (Wildman–Crippen LogP) is 4.09. The van der Waals surface area contributed by atoms with Crippen molar-refractivity contribution in [2.24, 2.45) is 22.0 Å². The Morgan fingerprint density at radius 1 is 1.29 bits per heavy atom. The Labute approximate surface area is 107 Å². The molecule has 0 amide bonds. The van der Waals surface area contributed by atoms with Crippen LogP contribution < -0.4 is 0 Å². The molecule has 0 aromatic heterocycles. The zero-order valence-corrected chi connectivity index (χ0v) is 11.0. The molecule has 1 aliphatic heterocycles. The van der Waals surface area contributed by atoms with E-state index in [2.05, 4.69) is 36.2 Å². The molecule has 0 saturated heterocycles. The monoisotopic (exact) mass is 248 g/mol. The molecule has 2 atom stereocenters. The average molecular weight is 249 g/mol. The summed E-state index contributed by atoms with van der Waals surface area (Å²) in [6.45, 7) is 4.40. The van der Waals surface area contributed by atoms with E-state index in [1.807, 2.05) is 18.2 Å². The minimum Gasteiger partial charge on any atom is -0.154 e. The first-order valence-electron chi connectivity index (χ1n) is 6.07. The van der Waals surface area contributed by atoms with E-state index in [0.29, 0.717) is 17.0 Å². The molecule has 0 bridgehead atoms. The second-order valence-corrected chi connectivity index (χ2v) is 4.92. The maximum atomic E-state index is 6.15. The van der Waals surface area contributed by atoms with Crippen molar-refractivity contribution in [3.8, 4) is 0 Å². The largest absolute Gasteiger partial charge is 0.154 e. The standard InChI is InChI=1S/C14H17ClN2/c1-3-10(2)12-9-13(16-17-14(12)15)11-7-5-4-6-8-11/h4-8,10,12H,3,9H2,1-2H3. The van der Waals surface area contributed by atoms with Crippen molar-refractivity contribution in [2.75, 3.05) is 0 Å². The molecule has 0 radical (unpaired) electrons. The first-order chi connectivity index (χ1) is 8.22. The lowest BCUT2D eigenvalue weighted by Crippen LogP contribution is -2.24. The molecule has 2 rings (SSSR count). The molecule has 0 N–H and O–H groups in total. The lowest BCUT2D eigenvalue weighted by molar-refractivity contribution is 0.450. The van der Waals surface area contributed by atoms with Gasteiger partial charge in [-0.3, -0.25) is 0 Å². The van der Waals surface area contributed by atoms with Gasteiger partial charge in [0.15, 0.2) is 0 Å². The van der Waals surface area contributed by atoms with E-state index in [-0.39, 0.29) is 0 Å². The van der Waals surface area contributed by atoms with E-state index in [4.69, 9.17) is 11.6 Å². The fraction of sp³-hybridized carbons (Fsp3) is 0.429. The van der Waals surface area contributed by atoms with E-state index in [1.54, 1.807) is 0 Å². The van der Waals surface area contributed by atoms with Gasteiger partial charge in [0.2, 0.25) is 0 Å². The molecule has 90 valence electrons. The van der Waals surface area contributed by atoms with Crippen molar-refractivity contribution in [3.05, 3.63) is 35.9 Å². The Kier molecular flexibility index (Phi) is 3.95. The summed E-state index contributed by atoms with van der Waals surface area (Å²) in [6.07, 6.45) is 2.00. The van der Waals surface area contributed by atoms with Crippen molar-refractivity contribution in [3.63, 3.8) is 0 Å².